The lowest BCUT2D eigenvalue weighted by Crippen LogP contribution is -2.15. The first-order valence-electron chi connectivity index (χ1n) is 8.44. The van der Waals surface area contributed by atoms with Gasteiger partial charge in [-0.1, -0.05) is 36.0 Å². The normalized spacial score (nSPS) is 10.6. The lowest BCUT2D eigenvalue weighted by Gasteiger charge is -2.09. The van der Waals surface area contributed by atoms with E-state index in [2.05, 4.69) is 20.8 Å². The van der Waals surface area contributed by atoms with Crippen LogP contribution in [0.4, 0.5) is 5.69 Å². The molecule has 2 aromatic carbocycles. The Morgan fingerprint density at radius 2 is 1.96 bits per heavy atom. The van der Waals surface area contributed by atoms with Gasteiger partial charge in [-0.25, -0.2) is 4.68 Å². The van der Waals surface area contributed by atoms with Crippen LogP contribution in [0.1, 0.15) is 16.7 Å². The van der Waals surface area contributed by atoms with Crippen LogP contribution in [0.2, 0.25) is 0 Å². The molecular weight excluding hydrogens is 362 g/mol. The fourth-order valence-electron chi connectivity index (χ4n) is 2.49. The van der Waals surface area contributed by atoms with E-state index in [0.29, 0.717) is 11.7 Å². The third-order valence-corrected chi connectivity index (χ3v) is 4.95. The van der Waals surface area contributed by atoms with E-state index in [0.717, 1.165) is 28.1 Å². The SMILES string of the molecule is COc1ccc(Cn2nnnc2SCC(=O)Nc2cc(C)ccc2C)cc1. The van der Waals surface area contributed by atoms with Gasteiger partial charge in [0.25, 0.3) is 0 Å². The molecule has 0 aliphatic rings. The Morgan fingerprint density at radius 1 is 1.19 bits per heavy atom. The number of nitrogens with zero attached hydrogens (tertiary/aromatic N) is 4. The van der Waals surface area contributed by atoms with Gasteiger partial charge in [0.1, 0.15) is 5.75 Å². The number of hydrogen-bond acceptors (Lipinski definition) is 6. The van der Waals surface area contributed by atoms with Gasteiger partial charge < -0.3 is 10.1 Å². The molecule has 140 valence electrons. The van der Waals surface area contributed by atoms with E-state index in [1.165, 1.54) is 11.8 Å². The molecule has 0 aliphatic carbocycles. The fourth-order valence-corrected chi connectivity index (χ4v) is 3.17. The first-order chi connectivity index (χ1) is 13.0. The predicted molar refractivity (Wildman–Crippen MR) is 105 cm³/mol. The minimum atomic E-state index is -0.0901. The molecule has 3 aromatic rings. The van der Waals surface area contributed by atoms with E-state index >= 15 is 0 Å². The number of aromatic nitrogens is 4. The Bertz CT molecular complexity index is 924. The van der Waals surface area contributed by atoms with Crippen LogP contribution in [-0.2, 0) is 11.3 Å². The molecule has 8 heteroatoms. The van der Waals surface area contributed by atoms with Crippen LogP contribution in [0.25, 0.3) is 0 Å². The first kappa shape index (κ1) is 18.9. The minimum Gasteiger partial charge on any atom is -0.497 e. The second-order valence-corrected chi connectivity index (χ2v) is 7.06. The molecule has 1 heterocycles. The quantitative estimate of drug-likeness (QED) is 0.632. The van der Waals surface area contributed by atoms with Gasteiger partial charge in [-0.15, -0.1) is 5.10 Å². The minimum absolute atomic E-state index is 0.0901. The van der Waals surface area contributed by atoms with Gasteiger partial charge >= 0.3 is 0 Å². The Kier molecular flexibility index (Phi) is 6.08. The number of ether oxygens (including phenoxy) is 1. The van der Waals surface area contributed by atoms with E-state index in [1.807, 2.05) is 56.3 Å². The zero-order valence-corrected chi connectivity index (χ0v) is 16.3. The van der Waals surface area contributed by atoms with Crippen molar-refractivity contribution in [3.63, 3.8) is 0 Å². The second-order valence-electron chi connectivity index (χ2n) is 6.12. The molecule has 0 saturated heterocycles. The lowest BCUT2D eigenvalue weighted by atomic mass is 10.1. The highest BCUT2D eigenvalue weighted by molar-refractivity contribution is 7.99. The average Bonchev–Trinajstić information content (AvgIpc) is 3.10. The summed E-state index contributed by atoms with van der Waals surface area (Å²) in [6.45, 7) is 4.49. The van der Waals surface area contributed by atoms with E-state index in [-0.39, 0.29) is 11.7 Å². The van der Waals surface area contributed by atoms with Crippen LogP contribution in [0.15, 0.2) is 47.6 Å². The summed E-state index contributed by atoms with van der Waals surface area (Å²) in [5.41, 5.74) is 4.01. The maximum Gasteiger partial charge on any atom is 0.234 e. The van der Waals surface area contributed by atoms with Gasteiger partial charge in [-0.2, -0.15) is 0 Å². The molecule has 7 nitrogen and oxygen atoms in total. The molecule has 0 fully saturated rings. The topological polar surface area (TPSA) is 81.9 Å². The number of rotatable bonds is 7. The summed E-state index contributed by atoms with van der Waals surface area (Å²) in [4.78, 5) is 12.3. The van der Waals surface area contributed by atoms with Gasteiger partial charge in [0.15, 0.2) is 0 Å². The Labute approximate surface area is 162 Å². The zero-order valence-electron chi connectivity index (χ0n) is 15.5. The molecule has 1 amide bonds. The van der Waals surface area contributed by atoms with Crippen molar-refractivity contribution in [2.24, 2.45) is 0 Å². The molecule has 0 spiro atoms. The molecule has 0 unspecified atom stereocenters. The van der Waals surface area contributed by atoms with E-state index in [1.54, 1.807) is 11.8 Å². The predicted octanol–water partition coefficient (Wildman–Crippen LogP) is 3.08. The van der Waals surface area contributed by atoms with Gasteiger partial charge in [0, 0.05) is 5.69 Å². The molecule has 1 aromatic heterocycles. The van der Waals surface area contributed by atoms with E-state index in [4.69, 9.17) is 4.74 Å². The zero-order chi connectivity index (χ0) is 19.2. The third kappa shape index (κ3) is 5.07. The number of thioether (sulfide) groups is 1. The highest BCUT2D eigenvalue weighted by Crippen LogP contribution is 2.19. The summed E-state index contributed by atoms with van der Waals surface area (Å²) < 4.78 is 6.84. The standard InChI is InChI=1S/C19H21N5O2S/c1-13-4-5-14(2)17(10-13)20-18(25)12-27-19-21-22-23-24(19)11-15-6-8-16(26-3)9-7-15/h4-10H,11-12H2,1-3H3,(H,20,25). The maximum absolute atomic E-state index is 12.3. The Hall–Kier alpha value is -2.87. The molecule has 27 heavy (non-hydrogen) atoms. The van der Waals surface area contributed by atoms with Crippen LogP contribution in [-0.4, -0.2) is 39.0 Å². The number of amides is 1. The average molecular weight is 383 g/mol. The van der Waals surface area contributed by atoms with Gasteiger partial charge in [0.2, 0.25) is 11.1 Å². The van der Waals surface area contributed by atoms with Crippen molar-refractivity contribution in [1.82, 2.24) is 20.2 Å². The number of methoxy groups -OCH3 is 1. The number of carbonyl (C=O) groups excluding carboxylic acids is 1. The van der Waals surface area contributed by atoms with Crippen LogP contribution >= 0.6 is 11.8 Å². The molecule has 0 radical (unpaired) electrons. The fraction of sp³-hybridized carbons (Fsp3) is 0.263. The van der Waals surface area contributed by atoms with E-state index < -0.39 is 0 Å². The number of carbonyl (C=O) groups is 1. The number of aryl methyl sites for hydroxylation is 2. The Balaban J connectivity index is 1.59. The van der Waals surface area contributed by atoms with Gasteiger partial charge in [-0.05, 0) is 59.2 Å². The summed E-state index contributed by atoms with van der Waals surface area (Å²) >= 11 is 1.31. The maximum atomic E-state index is 12.3. The smallest absolute Gasteiger partial charge is 0.234 e. The molecule has 0 aliphatic heterocycles. The molecule has 0 atom stereocenters. The molecule has 1 N–H and O–H groups in total. The second kappa shape index (κ2) is 8.68. The number of anilines is 1. The van der Waals surface area contributed by atoms with Crippen molar-refractivity contribution in [2.75, 3.05) is 18.2 Å². The lowest BCUT2D eigenvalue weighted by molar-refractivity contribution is -0.113. The highest BCUT2D eigenvalue weighted by atomic mass is 32.2. The first-order valence-corrected chi connectivity index (χ1v) is 9.42. The van der Waals surface area contributed by atoms with Crippen molar-refractivity contribution < 1.29 is 9.53 Å². The van der Waals surface area contributed by atoms with Crippen LogP contribution < -0.4 is 10.1 Å². The van der Waals surface area contributed by atoms with E-state index in [9.17, 15) is 4.79 Å². The van der Waals surface area contributed by atoms with Gasteiger partial charge in [0.05, 0.1) is 19.4 Å². The number of tetrazole rings is 1. The third-order valence-electron chi connectivity index (χ3n) is 3.99. The summed E-state index contributed by atoms with van der Waals surface area (Å²) in [5.74, 6) is 0.942. The number of hydrogen-bond donors (Lipinski definition) is 1. The van der Waals surface area contributed by atoms with Crippen molar-refractivity contribution in [3.8, 4) is 5.75 Å². The van der Waals surface area contributed by atoms with Crippen LogP contribution in [0.5, 0.6) is 5.75 Å². The van der Waals surface area contributed by atoms with Crippen molar-refractivity contribution in [3.05, 3.63) is 59.2 Å². The monoisotopic (exact) mass is 383 g/mol. The molecule has 0 saturated carbocycles. The van der Waals surface area contributed by atoms with Crippen molar-refractivity contribution in [1.29, 1.82) is 0 Å². The summed E-state index contributed by atoms with van der Waals surface area (Å²) in [6, 6.07) is 13.7. The molecular formula is C19H21N5O2S. The molecule has 3 rings (SSSR count). The van der Waals surface area contributed by atoms with Crippen molar-refractivity contribution >= 4 is 23.4 Å². The van der Waals surface area contributed by atoms with Crippen LogP contribution in [0, 0.1) is 13.8 Å². The summed E-state index contributed by atoms with van der Waals surface area (Å²) in [5, 5.41) is 15.3. The highest BCUT2D eigenvalue weighted by Gasteiger charge is 2.11. The number of benzene rings is 2. The largest absolute Gasteiger partial charge is 0.497 e. The molecule has 0 bridgehead atoms. The van der Waals surface area contributed by atoms with Gasteiger partial charge in [-0.3, -0.25) is 4.79 Å². The summed E-state index contributed by atoms with van der Waals surface area (Å²) in [6.07, 6.45) is 0. The van der Waals surface area contributed by atoms with Crippen molar-refractivity contribution in [2.45, 2.75) is 25.5 Å². The number of nitrogens with one attached hydrogen (secondary N) is 1. The summed E-state index contributed by atoms with van der Waals surface area (Å²) in [7, 11) is 1.63. The van der Waals surface area contributed by atoms with Crippen LogP contribution in [0.3, 0.4) is 0 Å². The Morgan fingerprint density at radius 3 is 2.70 bits per heavy atom.